The monoisotopic (exact) mass is 507 g/mol. The number of rotatable bonds is 6. The van der Waals surface area contributed by atoms with Crippen LogP contribution in [0.25, 0.3) is 10.2 Å². The molecule has 2 aromatic heterocycles. The summed E-state index contributed by atoms with van der Waals surface area (Å²) in [6.07, 6.45) is -0.962. The van der Waals surface area contributed by atoms with Crippen LogP contribution in [0, 0.1) is 12.7 Å². The third-order valence-electron chi connectivity index (χ3n) is 5.16. The number of methoxy groups -OCH3 is 1. The van der Waals surface area contributed by atoms with Crippen LogP contribution >= 0.6 is 11.3 Å². The van der Waals surface area contributed by atoms with Crippen molar-refractivity contribution in [1.29, 1.82) is 0 Å². The molecule has 35 heavy (non-hydrogen) atoms. The van der Waals surface area contributed by atoms with Gasteiger partial charge in [0.05, 0.1) is 31.2 Å². The van der Waals surface area contributed by atoms with Crippen molar-refractivity contribution in [2.24, 2.45) is 0 Å². The highest BCUT2D eigenvalue weighted by Gasteiger charge is 2.28. The van der Waals surface area contributed by atoms with Gasteiger partial charge in [0, 0.05) is 11.9 Å². The van der Waals surface area contributed by atoms with E-state index in [1.165, 1.54) is 20.2 Å². The number of Topliss-reactive ketones (excluding diaryl/α,β-unsaturated/α-hetero) is 1. The molecule has 0 atom stereocenters. The molecular weight excluding hydrogens is 481 g/mol. The first-order chi connectivity index (χ1) is 16.3. The van der Waals surface area contributed by atoms with Gasteiger partial charge < -0.3 is 14.6 Å². The van der Waals surface area contributed by atoms with E-state index in [1.54, 1.807) is 27.7 Å². The van der Waals surface area contributed by atoms with E-state index >= 15 is 0 Å². The van der Waals surface area contributed by atoms with Crippen LogP contribution in [-0.4, -0.2) is 46.0 Å². The third-order valence-corrected chi connectivity index (χ3v) is 6.46. The summed E-state index contributed by atoms with van der Waals surface area (Å²) in [6.45, 7) is 5.50. The highest BCUT2D eigenvalue weighted by Crippen LogP contribution is 2.28. The van der Waals surface area contributed by atoms with Crippen molar-refractivity contribution in [1.82, 2.24) is 9.24 Å². The van der Waals surface area contributed by atoms with Gasteiger partial charge in [-0.1, -0.05) is 0 Å². The fourth-order valence-corrected chi connectivity index (χ4v) is 4.62. The van der Waals surface area contributed by atoms with Crippen molar-refractivity contribution >= 4 is 33.4 Å². The van der Waals surface area contributed by atoms with Gasteiger partial charge in [-0.3, -0.25) is 14.2 Å². The second-order valence-electron chi connectivity index (χ2n) is 8.75. The smallest absolute Gasteiger partial charge is 0.429 e. The lowest BCUT2D eigenvalue weighted by Gasteiger charge is -2.25. The largest absolute Gasteiger partial charge is 0.496 e. The number of ketones is 1. The number of carbonyl (C=O) groups is 2. The standard InChI is InChI=1S/C23H26FN3O7S/c1-12-17(11-28)35-20-18(12)19(30)27(25(5)22(32)34-23(2,3)4)21(31)26(20)10-15(29)14-9-13(24)7-8-16(14)33-6/h7-9,28H,10-11H2,1-6H3. The number of nitrogens with zero attached hydrogens (tertiary/aromatic N) is 3. The average Bonchev–Trinajstić information content (AvgIpc) is 3.11. The van der Waals surface area contributed by atoms with Crippen molar-refractivity contribution in [3.05, 3.63) is 60.9 Å². The predicted octanol–water partition coefficient (Wildman–Crippen LogP) is 2.56. The number of aliphatic hydroxyl groups is 1. The van der Waals surface area contributed by atoms with Crippen LogP contribution in [0.1, 0.15) is 41.6 Å². The van der Waals surface area contributed by atoms with Crippen molar-refractivity contribution in [3.8, 4) is 5.75 Å². The van der Waals surface area contributed by atoms with Crippen molar-refractivity contribution < 1.29 is 28.6 Å². The topological polar surface area (TPSA) is 120 Å². The number of ether oxygens (including phenoxy) is 2. The first kappa shape index (κ1) is 26.1. The van der Waals surface area contributed by atoms with E-state index in [-0.39, 0.29) is 21.5 Å². The van der Waals surface area contributed by atoms with Crippen molar-refractivity contribution in [2.45, 2.75) is 46.4 Å². The Morgan fingerprint density at radius 2 is 1.89 bits per heavy atom. The van der Waals surface area contributed by atoms with Crippen LogP contribution in [-0.2, 0) is 17.9 Å². The number of benzene rings is 1. The number of fused-ring (bicyclic) bond motifs is 1. The van der Waals surface area contributed by atoms with E-state index in [0.29, 0.717) is 15.1 Å². The fraction of sp³-hybridized carbons (Fsp3) is 0.391. The quantitative estimate of drug-likeness (QED) is 0.509. The Hall–Kier alpha value is -3.51. The molecule has 0 aliphatic rings. The van der Waals surface area contributed by atoms with Gasteiger partial charge in [0.1, 0.15) is 22.0 Å². The number of carbonyl (C=O) groups excluding carboxylic acids is 2. The SMILES string of the molecule is COc1ccc(F)cc1C(=O)Cn1c(=O)n(N(C)C(=O)OC(C)(C)C)c(=O)c2c(C)c(CO)sc21. The number of aryl methyl sites for hydroxylation is 1. The summed E-state index contributed by atoms with van der Waals surface area (Å²) in [5.74, 6) is -1.22. The van der Waals surface area contributed by atoms with Gasteiger partial charge in [-0.2, -0.15) is 4.68 Å². The molecule has 3 aromatic rings. The highest BCUT2D eigenvalue weighted by atomic mass is 32.1. The molecule has 0 aliphatic heterocycles. The highest BCUT2D eigenvalue weighted by molar-refractivity contribution is 7.18. The van der Waals surface area contributed by atoms with Crippen LogP contribution < -0.4 is 21.0 Å². The molecule has 0 bridgehead atoms. The average molecular weight is 508 g/mol. The molecule has 1 amide bonds. The molecule has 0 saturated heterocycles. The maximum atomic E-state index is 13.9. The molecule has 3 rings (SSSR count). The lowest BCUT2D eigenvalue weighted by Crippen LogP contribution is -2.54. The normalized spacial score (nSPS) is 11.5. The van der Waals surface area contributed by atoms with Gasteiger partial charge in [-0.15, -0.1) is 11.3 Å². The molecule has 12 heteroatoms. The summed E-state index contributed by atoms with van der Waals surface area (Å²) >= 11 is 0.975. The fourth-order valence-electron chi connectivity index (χ4n) is 3.47. The second kappa shape index (κ2) is 9.62. The third kappa shape index (κ3) is 4.98. The van der Waals surface area contributed by atoms with Gasteiger partial charge in [-0.05, 0) is 51.5 Å². The summed E-state index contributed by atoms with van der Waals surface area (Å²) in [7, 11) is 2.51. The number of hydrogen-bond acceptors (Lipinski definition) is 8. The first-order valence-corrected chi connectivity index (χ1v) is 11.3. The van der Waals surface area contributed by atoms with E-state index in [1.807, 2.05) is 0 Å². The van der Waals surface area contributed by atoms with Crippen LogP contribution in [0.3, 0.4) is 0 Å². The van der Waals surface area contributed by atoms with Crippen molar-refractivity contribution in [2.75, 3.05) is 19.2 Å². The summed E-state index contributed by atoms with van der Waals surface area (Å²) in [6, 6.07) is 3.41. The number of thiophene rings is 1. The minimum absolute atomic E-state index is 0.0630. The molecule has 0 spiro atoms. The van der Waals surface area contributed by atoms with Crippen molar-refractivity contribution in [3.63, 3.8) is 0 Å². The van der Waals surface area contributed by atoms with Gasteiger partial charge in [-0.25, -0.2) is 19.0 Å². The zero-order valence-corrected chi connectivity index (χ0v) is 21.0. The van der Waals surface area contributed by atoms with Crippen LogP contribution in [0.2, 0.25) is 0 Å². The molecule has 1 aromatic carbocycles. The summed E-state index contributed by atoms with van der Waals surface area (Å²) in [5.41, 5.74) is -2.37. The molecule has 0 aliphatic carbocycles. The number of amides is 1. The van der Waals surface area contributed by atoms with E-state index in [0.717, 1.165) is 33.0 Å². The van der Waals surface area contributed by atoms with E-state index < -0.39 is 47.7 Å². The van der Waals surface area contributed by atoms with Gasteiger partial charge >= 0.3 is 11.8 Å². The molecule has 10 nitrogen and oxygen atoms in total. The van der Waals surface area contributed by atoms with E-state index in [9.17, 15) is 28.7 Å². The molecule has 2 heterocycles. The maximum absolute atomic E-state index is 13.9. The zero-order valence-electron chi connectivity index (χ0n) is 20.2. The molecule has 0 radical (unpaired) electrons. The van der Waals surface area contributed by atoms with Gasteiger partial charge in [0.25, 0.3) is 5.56 Å². The van der Waals surface area contributed by atoms with Crippen LogP contribution in [0.5, 0.6) is 5.75 Å². The Balaban J connectivity index is 2.26. The molecule has 0 saturated carbocycles. The number of halogens is 1. The first-order valence-electron chi connectivity index (χ1n) is 10.5. The minimum Gasteiger partial charge on any atom is -0.496 e. The Kier molecular flexibility index (Phi) is 7.18. The Morgan fingerprint density at radius 3 is 2.46 bits per heavy atom. The number of aliphatic hydroxyl groups excluding tert-OH is 1. The van der Waals surface area contributed by atoms with Crippen LogP contribution in [0.4, 0.5) is 9.18 Å². The van der Waals surface area contributed by atoms with Gasteiger partial charge in [0.15, 0.2) is 5.78 Å². The molecular formula is C23H26FN3O7S. The van der Waals surface area contributed by atoms with E-state index in [4.69, 9.17) is 9.47 Å². The summed E-state index contributed by atoms with van der Waals surface area (Å²) in [5, 5.41) is 10.5. The minimum atomic E-state index is -0.981. The lowest BCUT2D eigenvalue weighted by molar-refractivity contribution is 0.0546. The second-order valence-corrected chi connectivity index (χ2v) is 9.83. The Bertz CT molecular complexity index is 1430. The molecule has 188 valence electrons. The van der Waals surface area contributed by atoms with Crippen LogP contribution in [0.15, 0.2) is 27.8 Å². The summed E-state index contributed by atoms with van der Waals surface area (Å²) in [4.78, 5) is 53.2. The number of hydrogen-bond donors (Lipinski definition) is 1. The molecule has 0 fully saturated rings. The predicted molar refractivity (Wildman–Crippen MR) is 129 cm³/mol. The molecule has 0 unspecified atom stereocenters. The molecule has 1 N–H and O–H groups in total. The Morgan fingerprint density at radius 1 is 1.23 bits per heavy atom. The van der Waals surface area contributed by atoms with E-state index in [2.05, 4.69) is 0 Å². The van der Waals surface area contributed by atoms with Gasteiger partial charge in [0.2, 0.25) is 0 Å². The summed E-state index contributed by atoms with van der Waals surface area (Å²) < 4.78 is 25.9. The zero-order chi connectivity index (χ0) is 26.2. The maximum Gasteiger partial charge on any atom is 0.429 e. The Labute approximate surface area is 203 Å². The lowest BCUT2D eigenvalue weighted by atomic mass is 10.1. The number of aromatic nitrogens is 2.